The van der Waals surface area contributed by atoms with E-state index in [1.165, 1.54) is 0 Å². The molecular weight excluding hydrogens is 238 g/mol. The summed E-state index contributed by atoms with van der Waals surface area (Å²) < 4.78 is 5.08. The zero-order valence-electron chi connectivity index (χ0n) is 10.7. The summed E-state index contributed by atoms with van der Waals surface area (Å²) in [5.74, 6) is 0.505. The molecule has 0 spiro atoms. The highest BCUT2D eigenvalue weighted by Crippen LogP contribution is 2.12. The molecule has 0 aromatic heterocycles. The fourth-order valence-corrected chi connectivity index (χ4v) is 1.63. The quantitative estimate of drug-likeness (QED) is 0.909. The molecular formula is C16H15NO2. The maximum atomic E-state index is 11.9. The van der Waals surface area contributed by atoms with Crippen LogP contribution in [-0.2, 0) is 0 Å². The predicted molar refractivity (Wildman–Crippen MR) is 75.9 cm³/mol. The molecule has 3 nitrogen and oxygen atoms in total. The van der Waals surface area contributed by atoms with Gasteiger partial charge in [-0.15, -0.1) is 0 Å². The Balaban J connectivity index is 1.99. The largest absolute Gasteiger partial charge is 0.497 e. The Bertz CT molecular complexity index is 576. The number of amides is 1. The molecule has 3 heteroatoms. The minimum absolute atomic E-state index is 0.161. The predicted octanol–water partition coefficient (Wildman–Crippen LogP) is 3.10. The molecule has 0 unspecified atom stereocenters. The summed E-state index contributed by atoms with van der Waals surface area (Å²) in [5.41, 5.74) is 1.60. The molecule has 0 radical (unpaired) electrons. The summed E-state index contributed by atoms with van der Waals surface area (Å²) in [6.45, 7) is 0. The standard InChI is InChI=1S/C16H15NO2/c1-19-15-9-5-8-14(12-15)16(18)17-11-10-13-6-3-2-4-7-13/h2-12H,1H3,(H,17,18). The van der Waals surface area contributed by atoms with Crippen molar-refractivity contribution in [3.63, 3.8) is 0 Å². The maximum Gasteiger partial charge on any atom is 0.255 e. The lowest BCUT2D eigenvalue weighted by molar-refractivity contribution is 0.0970. The van der Waals surface area contributed by atoms with E-state index in [0.717, 1.165) is 5.56 Å². The van der Waals surface area contributed by atoms with Gasteiger partial charge in [-0.1, -0.05) is 36.4 Å². The lowest BCUT2D eigenvalue weighted by atomic mass is 10.2. The summed E-state index contributed by atoms with van der Waals surface area (Å²) in [6.07, 6.45) is 3.48. The summed E-state index contributed by atoms with van der Waals surface area (Å²) in [5, 5.41) is 2.72. The highest BCUT2D eigenvalue weighted by molar-refractivity contribution is 5.95. The number of rotatable bonds is 4. The van der Waals surface area contributed by atoms with Gasteiger partial charge >= 0.3 is 0 Å². The van der Waals surface area contributed by atoms with E-state index in [2.05, 4.69) is 5.32 Å². The molecule has 0 bridgehead atoms. The highest BCUT2D eigenvalue weighted by atomic mass is 16.5. The van der Waals surface area contributed by atoms with Gasteiger partial charge in [0.2, 0.25) is 0 Å². The average Bonchev–Trinajstić information content (AvgIpc) is 2.48. The van der Waals surface area contributed by atoms with Gasteiger partial charge in [0, 0.05) is 11.8 Å². The number of carbonyl (C=O) groups is 1. The molecule has 0 atom stereocenters. The molecule has 96 valence electrons. The van der Waals surface area contributed by atoms with Crippen molar-refractivity contribution >= 4 is 12.0 Å². The van der Waals surface area contributed by atoms with Gasteiger partial charge in [0.15, 0.2) is 0 Å². The highest BCUT2D eigenvalue weighted by Gasteiger charge is 2.03. The summed E-state index contributed by atoms with van der Waals surface area (Å²) in [7, 11) is 1.58. The molecule has 1 N–H and O–H groups in total. The van der Waals surface area contributed by atoms with E-state index in [-0.39, 0.29) is 5.91 Å². The maximum absolute atomic E-state index is 11.9. The second-order valence-corrected chi connectivity index (χ2v) is 3.95. The van der Waals surface area contributed by atoms with Crippen LogP contribution in [0.3, 0.4) is 0 Å². The van der Waals surface area contributed by atoms with Crippen LogP contribution >= 0.6 is 0 Å². The number of nitrogens with one attached hydrogen (secondary N) is 1. The molecule has 0 aliphatic carbocycles. The van der Waals surface area contributed by atoms with Crippen LogP contribution in [0, 0.1) is 0 Å². The number of benzene rings is 2. The van der Waals surface area contributed by atoms with E-state index in [0.29, 0.717) is 11.3 Å². The first-order valence-corrected chi connectivity index (χ1v) is 5.96. The number of methoxy groups -OCH3 is 1. The summed E-state index contributed by atoms with van der Waals surface area (Å²) in [4.78, 5) is 11.9. The van der Waals surface area contributed by atoms with Crippen LogP contribution in [0.1, 0.15) is 15.9 Å². The molecule has 2 aromatic carbocycles. The van der Waals surface area contributed by atoms with Gasteiger partial charge < -0.3 is 10.1 Å². The van der Waals surface area contributed by atoms with E-state index < -0.39 is 0 Å². The van der Waals surface area contributed by atoms with Crippen molar-refractivity contribution in [3.8, 4) is 5.75 Å². The molecule has 19 heavy (non-hydrogen) atoms. The van der Waals surface area contributed by atoms with Crippen LogP contribution in [0.5, 0.6) is 5.75 Å². The van der Waals surface area contributed by atoms with E-state index in [9.17, 15) is 4.79 Å². The molecule has 0 heterocycles. The van der Waals surface area contributed by atoms with Crippen LogP contribution in [0.4, 0.5) is 0 Å². The number of ether oxygens (including phenoxy) is 1. The Morgan fingerprint density at radius 2 is 1.89 bits per heavy atom. The molecule has 0 saturated carbocycles. The van der Waals surface area contributed by atoms with Gasteiger partial charge in [-0.3, -0.25) is 4.79 Å². The third-order valence-electron chi connectivity index (χ3n) is 2.62. The Labute approximate surface area is 112 Å². The topological polar surface area (TPSA) is 38.3 Å². The van der Waals surface area contributed by atoms with Crippen LogP contribution in [-0.4, -0.2) is 13.0 Å². The SMILES string of the molecule is COc1cccc(C(=O)NC=Cc2ccccc2)c1. The summed E-state index contributed by atoms with van der Waals surface area (Å²) >= 11 is 0. The molecule has 0 aliphatic heterocycles. The van der Waals surface area contributed by atoms with E-state index in [1.807, 2.05) is 36.4 Å². The minimum Gasteiger partial charge on any atom is -0.497 e. The fourth-order valence-electron chi connectivity index (χ4n) is 1.63. The van der Waals surface area contributed by atoms with Crippen molar-refractivity contribution in [3.05, 3.63) is 71.9 Å². The Morgan fingerprint density at radius 1 is 1.11 bits per heavy atom. The van der Waals surface area contributed by atoms with Crippen molar-refractivity contribution in [2.24, 2.45) is 0 Å². The van der Waals surface area contributed by atoms with E-state index >= 15 is 0 Å². The van der Waals surface area contributed by atoms with Crippen LogP contribution < -0.4 is 10.1 Å². The molecule has 1 amide bonds. The molecule has 2 aromatic rings. The number of hydrogen-bond donors (Lipinski definition) is 1. The Hall–Kier alpha value is -2.55. The fraction of sp³-hybridized carbons (Fsp3) is 0.0625. The van der Waals surface area contributed by atoms with Crippen molar-refractivity contribution in [1.29, 1.82) is 0 Å². The van der Waals surface area contributed by atoms with Gasteiger partial charge in [0.05, 0.1) is 7.11 Å². The lowest BCUT2D eigenvalue weighted by Crippen LogP contribution is -2.16. The zero-order valence-corrected chi connectivity index (χ0v) is 10.7. The van der Waals surface area contributed by atoms with E-state index in [1.54, 1.807) is 37.6 Å². The minimum atomic E-state index is -0.161. The first-order valence-electron chi connectivity index (χ1n) is 5.96. The lowest BCUT2D eigenvalue weighted by Gasteiger charge is -2.03. The zero-order chi connectivity index (χ0) is 13.5. The van der Waals surface area contributed by atoms with Gasteiger partial charge in [-0.05, 0) is 29.8 Å². The third-order valence-corrected chi connectivity index (χ3v) is 2.62. The molecule has 0 fully saturated rings. The van der Waals surface area contributed by atoms with Gasteiger partial charge in [-0.25, -0.2) is 0 Å². The first kappa shape index (κ1) is 12.9. The number of hydrogen-bond acceptors (Lipinski definition) is 2. The first-order chi connectivity index (χ1) is 9.29. The normalized spacial score (nSPS) is 10.4. The average molecular weight is 253 g/mol. The van der Waals surface area contributed by atoms with Crippen molar-refractivity contribution in [2.75, 3.05) is 7.11 Å². The molecule has 0 saturated heterocycles. The second kappa shape index (κ2) is 6.40. The third kappa shape index (κ3) is 3.71. The van der Waals surface area contributed by atoms with Crippen LogP contribution in [0.25, 0.3) is 6.08 Å². The van der Waals surface area contributed by atoms with Crippen LogP contribution in [0.15, 0.2) is 60.8 Å². The van der Waals surface area contributed by atoms with Crippen molar-refractivity contribution in [1.82, 2.24) is 5.32 Å². The van der Waals surface area contributed by atoms with Gasteiger partial charge in [0.25, 0.3) is 5.91 Å². The van der Waals surface area contributed by atoms with Crippen LogP contribution in [0.2, 0.25) is 0 Å². The smallest absolute Gasteiger partial charge is 0.255 e. The van der Waals surface area contributed by atoms with Crippen molar-refractivity contribution < 1.29 is 9.53 Å². The van der Waals surface area contributed by atoms with Crippen molar-refractivity contribution in [2.45, 2.75) is 0 Å². The molecule has 0 aliphatic rings. The Morgan fingerprint density at radius 3 is 2.63 bits per heavy atom. The Kier molecular flexibility index (Phi) is 4.34. The summed E-state index contributed by atoms with van der Waals surface area (Å²) in [6, 6.07) is 16.8. The second-order valence-electron chi connectivity index (χ2n) is 3.95. The molecule has 2 rings (SSSR count). The number of carbonyl (C=O) groups excluding carboxylic acids is 1. The van der Waals surface area contributed by atoms with Gasteiger partial charge in [-0.2, -0.15) is 0 Å². The van der Waals surface area contributed by atoms with Gasteiger partial charge in [0.1, 0.15) is 5.75 Å². The monoisotopic (exact) mass is 253 g/mol. The van der Waals surface area contributed by atoms with E-state index in [4.69, 9.17) is 4.74 Å².